The first kappa shape index (κ1) is 20.1. The summed E-state index contributed by atoms with van der Waals surface area (Å²) in [5, 5.41) is 0.845. The largest absolute Gasteiger partial charge is 0.318 e. The van der Waals surface area contributed by atoms with Gasteiger partial charge < -0.3 is 4.57 Å². The lowest BCUT2D eigenvalue weighted by Gasteiger charge is -2.03. The molecule has 0 aliphatic rings. The second kappa shape index (κ2) is 8.14. The number of nitrogens with zero attached hydrogens (tertiary/aromatic N) is 2. The van der Waals surface area contributed by atoms with Crippen molar-refractivity contribution in [3.8, 4) is 0 Å². The molecule has 142 valence electrons. The van der Waals surface area contributed by atoms with Crippen molar-refractivity contribution in [1.29, 1.82) is 0 Å². The number of carbonyl (C=O) groups excluding carboxylic acids is 1. The van der Waals surface area contributed by atoms with Crippen LogP contribution in [0.1, 0.15) is 12.8 Å². The Morgan fingerprint density at radius 3 is 2.56 bits per heavy atom. The molecular weight excluding hydrogens is 427 g/mol. The summed E-state index contributed by atoms with van der Waals surface area (Å²) < 4.78 is 27.1. The molecule has 9 heteroatoms. The van der Waals surface area contributed by atoms with E-state index < -0.39 is 9.84 Å². The quantitative estimate of drug-likeness (QED) is 0.593. The molecule has 3 rings (SSSR count). The molecule has 0 saturated carbocycles. The number of hydrogen-bond donors (Lipinski definition) is 0. The Labute approximate surface area is 170 Å². The van der Waals surface area contributed by atoms with Crippen LogP contribution in [0, 0.1) is 0 Å². The van der Waals surface area contributed by atoms with Crippen LogP contribution in [0.2, 0.25) is 10.0 Å². The number of thiazole rings is 1. The summed E-state index contributed by atoms with van der Waals surface area (Å²) in [6.07, 6.45) is 0.259. The Kier molecular flexibility index (Phi) is 6.05. The van der Waals surface area contributed by atoms with Gasteiger partial charge in [0.25, 0.3) is 0 Å². The first-order valence-electron chi connectivity index (χ1n) is 8.08. The third-order valence-corrected chi connectivity index (χ3v) is 7.69. The molecular formula is C18H16Cl2N2O3S2. The lowest BCUT2D eigenvalue weighted by atomic mass is 10.3. The van der Waals surface area contributed by atoms with E-state index in [1.165, 1.54) is 11.3 Å². The van der Waals surface area contributed by atoms with Crippen molar-refractivity contribution in [3.63, 3.8) is 0 Å². The smallest absolute Gasteiger partial charge is 0.248 e. The fraction of sp³-hybridized carbons (Fsp3) is 0.222. The standard InChI is InChI=1S/C18H16Cl2N2O3S2/c1-22-17-14(10-9-13(19)16(17)20)26-18(22)21-15(23)8-5-11-27(24,25)12-6-3-2-4-7-12/h2-4,6-7,9-10H,5,8,11H2,1H3. The predicted molar refractivity (Wildman–Crippen MR) is 109 cm³/mol. The number of hydrogen-bond acceptors (Lipinski definition) is 4. The van der Waals surface area contributed by atoms with Gasteiger partial charge in [-0.2, -0.15) is 4.99 Å². The summed E-state index contributed by atoms with van der Waals surface area (Å²) in [5.74, 6) is -0.472. The number of benzene rings is 2. The average Bonchev–Trinajstić information content (AvgIpc) is 2.95. The number of amides is 1. The molecule has 5 nitrogen and oxygen atoms in total. The lowest BCUT2D eigenvalue weighted by Crippen LogP contribution is -2.14. The van der Waals surface area contributed by atoms with Crippen LogP contribution in [0.4, 0.5) is 0 Å². The van der Waals surface area contributed by atoms with E-state index in [0.717, 1.165) is 4.70 Å². The highest BCUT2D eigenvalue weighted by atomic mass is 35.5. The van der Waals surface area contributed by atoms with Crippen molar-refractivity contribution in [2.75, 3.05) is 5.75 Å². The van der Waals surface area contributed by atoms with Crippen LogP contribution >= 0.6 is 34.5 Å². The van der Waals surface area contributed by atoms with Gasteiger partial charge in [0.1, 0.15) is 0 Å². The highest BCUT2D eigenvalue weighted by Gasteiger charge is 2.15. The molecule has 1 amide bonds. The first-order valence-corrected chi connectivity index (χ1v) is 11.3. The maximum absolute atomic E-state index is 12.2. The molecule has 1 aromatic heterocycles. The number of aryl methyl sites for hydroxylation is 1. The minimum atomic E-state index is -3.40. The van der Waals surface area contributed by atoms with Crippen LogP contribution in [-0.2, 0) is 21.7 Å². The zero-order valence-corrected chi connectivity index (χ0v) is 17.5. The molecule has 0 spiro atoms. The van der Waals surface area contributed by atoms with Crippen LogP contribution in [-0.4, -0.2) is 24.6 Å². The summed E-state index contributed by atoms with van der Waals surface area (Å²) in [7, 11) is -1.64. The van der Waals surface area contributed by atoms with Crippen molar-refractivity contribution in [3.05, 3.63) is 57.3 Å². The number of carbonyl (C=O) groups is 1. The van der Waals surface area contributed by atoms with Gasteiger partial charge in [-0.25, -0.2) is 8.42 Å². The summed E-state index contributed by atoms with van der Waals surface area (Å²) in [5.41, 5.74) is 0.715. The maximum Gasteiger partial charge on any atom is 0.248 e. The molecule has 0 radical (unpaired) electrons. The fourth-order valence-electron chi connectivity index (χ4n) is 2.60. The molecule has 1 heterocycles. The van der Waals surface area contributed by atoms with Crippen molar-refractivity contribution < 1.29 is 13.2 Å². The summed E-state index contributed by atoms with van der Waals surface area (Å²) in [6, 6.07) is 11.7. The van der Waals surface area contributed by atoms with E-state index in [-0.39, 0.29) is 29.4 Å². The molecule has 2 aromatic carbocycles. The number of sulfone groups is 1. The first-order chi connectivity index (χ1) is 12.8. The van der Waals surface area contributed by atoms with E-state index in [0.29, 0.717) is 20.4 Å². The molecule has 0 saturated heterocycles. The van der Waals surface area contributed by atoms with Gasteiger partial charge in [0, 0.05) is 13.5 Å². The molecule has 0 aliphatic carbocycles. The summed E-state index contributed by atoms with van der Waals surface area (Å²) in [6.45, 7) is 0. The van der Waals surface area contributed by atoms with E-state index in [2.05, 4.69) is 4.99 Å². The monoisotopic (exact) mass is 442 g/mol. The van der Waals surface area contributed by atoms with Crippen molar-refractivity contribution in [2.45, 2.75) is 17.7 Å². The number of aromatic nitrogens is 1. The predicted octanol–water partition coefficient (Wildman–Crippen LogP) is 4.23. The van der Waals surface area contributed by atoms with Gasteiger partial charge in [-0.1, -0.05) is 52.7 Å². The highest BCUT2D eigenvalue weighted by molar-refractivity contribution is 7.91. The van der Waals surface area contributed by atoms with E-state index in [4.69, 9.17) is 23.2 Å². The molecule has 0 unspecified atom stereocenters. The van der Waals surface area contributed by atoms with Gasteiger partial charge in [0.05, 0.1) is 30.9 Å². The molecule has 27 heavy (non-hydrogen) atoms. The lowest BCUT2D eigenvalue weighted by molar-refractivity contribution is -0.118. The second-order valence-corrected chi connectivity index (χ2v) is 9.80. The van der Waals surface area contributed by atoms with Crippen molar-refractivity contribution in [1.82, 2.24) is 4.57 Å². The molecule has 0 atom stereocenters. The van der Waals surface area contributed by atoms with Crippen LogP contribution in [0.25, 0.3) is 10.2 Å². The third kappa shape index (κ3) is 4.43. The Hall–Kier alpha value is -1.67. The summed E-state index contributed by atoms with van der Waals surface area (Å²) in [4.78, 5) is 17.0. The van der Waals surface area contributed by atoms with Gasteiger partial charge >= 0.3 is 0 Å². The zero-order valence-electron chi connectivity index (χ0n) is 14.4. The van der Waals surface area contributed by atoms with Gasteiger partial charge in [0.15, 0.2) is 14.6 Å². The topological polar surface area (TPSA) is 68.5 Å². The van der Waals surface area contributed by atoms with Crippen molar-refractivity contribution in [2.24, 2.45) is 12.0 Å². The van der Waals surface area contributed by atoms with Gasteiger partial charge in [0.2, 0.25) is 5.91 Å². The Bertz CT molecular complexity index is 1170. The average molecular weight is 443 g/mol. The van der Waals surface area contributed by atoms with Gasteiger partial charge in [-0.15, -0.1) is 0 Å². The fourth-order valence-corrected chi connectivity index (χ4v) is 5.48. The normalized spacial score (nSPS) is 12.6. The Morgan fingerprint density at radius 2 is 1.85 bits per heavy atom. The number of fused-ring (bicyclic) bond motifs is 1. The zero-order chi connectivity index (χ0) is 19.6. The van der Waals surface area contributed by atoms with E-state index in [1.54, 1.807) is 48.0 Å². The minimum Gasteiger partial charge on any atom is -0.318 e. The second-order valence-electron chi connectivity index (χ2n) is 5.89. The van der Waals surface area contributed by atoms with Crippen LogP contribution < -0.4 is 4.80 Å². The van der Waals surface area contributed by atoms with E-state index in [9.17, 15) is 13.2 Å². The molecule has 0 fully saturated rings. The Morgan fingerprint density at radius 1 is 1.15 bits per heavy atom. The van der Waals surface area contributed by atoms with E-state index >= 15 is 0 Å². The maximum atomic E-state index is 12.2. The van der Waals surface area contributed by atoms with Gasteiger partial charge in [-0.05, 0) is 30.7 Å². The highest BCUT2D eigenvalue weighted by Crippen LogP contribution is 2.31. The SMILES string of the molecule is Cn1c(=NC(=O)CCCS(=O)(=O)c2ccccc2)sc2ccc(Cl)c(Cl)c21. The molecule has 0 aliphatic heterocycles. The number of halogens is 2. The summed E-state index contributed by atoms with van der Waals surface area (Å²) >= 11 is 13.6. The molecule has 3 aromatic rings. The molecule has 0 bridgehead atoms. The Balaban J connectivity index is 1.74. The third-order valence-electron chi connectivity index (χ3n) is 3.98. The van der Waals surface area contributed by atoms with E-state index in [1.807, 2.05) is 6.07 Å². The van der Waals surface area contributed by atoms with Gasteiger partial charge in [-0.3, -0.25) is 4.79 Å². The number of rotatable bonds is 5. The van der Waals surface area contributed by atoms with Crippen LogP contribution in [0.15, 0.2) is 52.4 Å². The molecule has 0 N–H and O–H groups in total. The minimum absolute atomic E-state index is 0.0504. The van der Waals surface area contributed by atoms with Crippen molar-refractivity contribution >= 4 is 60.5 Å². The van der Waals surface area contributed by atoms with Crippen LogP contribution in [0.5, 0.6) is 0 Å². The van der Waals surface area contributed by atoms with Crippen LogP contribution in [0.3, 0.4) is 0 Å².